The number of aromatic nitrogens is 2. The summed E-state index contributed by atoms with van der Waals surface area (Å²) in [5.41, 5.74) is 1.39. The zero-order valence-corrected chi connectivity index (χ0v) is 13.0. The number of nitrogens with zero attached hydrogens (tertiary/aromatic N) is 2. The molecule has 1 heterocycles. The third-order valence-electron chi connectivity index (χ3n) is 3.87. The van der Waals surface area contributed by atoms with E-state index in [1.807, 2.05) is 12.1 Å². The molecule has 3 rings (SSSR count). The van der Waals surface area contributed by atoms with Crippen molar-refractivity contribution in [3.8, 4) is 5.75 Å². The summed E-state index contributed by atoms with van der Waals surface area (Å²) in [6.45, 7) is 0.244. The molecule has 1 fully saturated rings. The van der Waals surface area contributed by atoms with Crippen LogP contribution in [-0.2, 0) is 21.3 Å². The first-order valence-electron chi connectivity index (χ1n) is 6.96. The van der Waals surface area contributed by atoms with E-state index in [-0.39, 0.29) is 6.54 Å². The van der Waals surface area contributed by atoms with E-state index in [9.17, 15) is 8.42 Å². The van der Waals surface area contributed by atoms with E-state index in [0.29, 0.717) is 18.5 Å². The van der Waals surface area contributed by atoms with Crippen molar-refractivity contribution in [3.05, 3.63) is 54.1 Å². The van der Waals surface area contributed by atoms with Crippen LogP contribution in [0.3, 0.4) is 0 Å². The molecule has 0 radical (unpaired) electrons. The van der Waals surface area contributed by atoms with Gasteiger partial charge in [-0.1, -0.05) is 12.1 Å². The van der Waals surface area contributed by atoms with Crippen LogP contribution in [0, 0.1) is 0 Å². The molecule has 1 saturated carbocycles. The normalized spacial score (nSPS) is 16.2. The first-order valence-corrected chi connectivity index (χ1v) is 8.44. The minimum Gasteiger partial charge on any atom is -0.497 e. The second-order valence-electron chi connectivity index (χ2n) is 5.26. The second kappa shape index (κ2) is 5.66. The maximum Gasteiger partial charge on any atom is 0.223 e. The summed E-state index contributed by atoms with van der Waals surface area (Å²) in [5.74, 6) is 0.741. The number of benzene rings is 1. The van der Waals surface area contributed by atoms with Crippen molar-refractivity contribution >= 4 is 10.0 Å². The Balaban J connectivity index is 1.74. The van der Waals surface area contributed by atoms with Crippen molar-refractivity contribution in [2.75, 3.05) is 7.11 Å². The molecule has 1 aromatic carbocycles. The van der Waals surface area contributed by atoms with Crippen LogP contribution >= 0.6 is 0 Å². The van der Waals surface area contributed by atoms with Crippen LogP contribution in [0.1, 0.15) is 24.1 Å². The first kappa shape index (κ1) is 14.9. The van der Waals surface area contributed by atoms with Crippen molar-refractivity contribution in [3.63, 3.8) is 0 Å². The fourth-order valence-electron chi connectivity index (χ4n) is 2.37. The van der Waals surface area contributed by atoms with Crippen LogP contribution in [-0.4, -0.2) is 25.5 Å². The van der Waals surface area contributed by atoms with E-state index < -0.39 is 14.8 Å². The number of hydrogen-bond acceptors (Lipinski definition) is 5. The zero-order valence-electron chi connectivity index (χ0n) is 12.2. The molecule has 0 amide bonds. The van der Waals surface area contributed by atoms with Crippen molar-refractivity contribution in [2.45, 2.75) is 24.1 Å². The lowest BCUT2D eigenvalue weighted by Gasteiger charge is -2.16. The zero-order chi connectivity index (χ0) is 15.6. The molecule has 0 spiro atoms. The fourth-order valence-corrected chi connectivity index (χ4v) is 4.02. The van der Waals surface area contributed by atoms with Crippen LogP contribution in [0.5, 0.6) is 5.75 Å². The molecule has 2 aromatic rings. The number of methoxy groups -OCH3 is 1. The maximum absolute atomic E-state index is 12.6. The summed E-state index contributed by atoms with van der Waals surface area (Å²) in [6.07, 6.45) is 5.73. The predicted octanol–water partition coefficient (Wildman–Crippen LogP) is 1.59. The van der Waals surface area contributed by atoms with Crippen molar-refractivity contribution in [1.29, 1.82) is 0 Å². The molecule has 0 saturated heterocycles. The van der Waals surface area contributed by atoms with Crippen LogP contribution in [0.4, 0.5) is 0 Å². The van der Waals surface area contributed by atoms with Crippen molar-refractivity contribution < 1.29 is 13.2 Å². The minimum atomic E-state index is -3.50. The third kappa shape index (κ3) is 2.69. The molecular formula is C15H17N3O3S. The lowest BCUT2D eigenvalue weighted by molar-refractivity contribution is 0.414. The Hall–Kier alpha value is -1.99. The van der Waals surface area contributed by atoms with Crippen molar-refractivity contribution in [2.24, 2.45) is 0 Å². The van der Waals surface area contributed by atoms with Crippen LogP contribution in [0.25, 0.3) is 0 Å². The molecule has 1 aliphatic carbocycles. The van der Waals surface area contributed by atoms with Crippen LogP contribution in [0.2, 0.25) is 0 Å². The van der Waals surface area contributed by atoms with Crippen LogP contribution in [0.15, 0.2) is 42.9 Å². The summed E-state index contributed by atoms with van der Waals surface area (Å²) < 4.78 is 32.1. The summed E-state index contributed by atoms with van der Waals surface area (Å²) in [5, 5.41) is 0. The highest BCUT2D eigenvalue weighted by Gasteiger charge is 2.57. The van der Waals surface area contributed by atoms with Gasteiger partial charge in [0.2, 0.25) is 10.0 Å². The Morgan fingerprint density at radius 1 is 1.23 bits per heavy atom. The maximum atomic E-state index is 12.6. The van der Waals surface area contributed by atoms with Gasteiger partial charge < -0.3 is 4.74 Å². The van der Waals surface area contributed by atoms with Gasteiger partial charge in [0, 0.05) is 18.9 Å². The van der Waals surface area contributed by atoms with E-state index in [1.54, 1.807) is 19.2 Å². The molecule has 6 nitrogen and oxygen atoms in total. The summed E-state index contributed by atoms with van der Waals surface area (Å²) >= 11 is 0. The molecular weight excluding hydrogens is 302 g/mol. The lowest BCUT2D eigenvalue weighted by Crippen LogP contribution is -2.34. The lowest BCUT2D eigenvalue weighted by atomic mass is 10.2. The van der Waals surface area contributed by atoms with Gasteiger partial charge in [0.25, 0.3) is 0 Å². The topological polar surface area (TPSA) is 81.2 Å². The van der Waals surface area contributed by atoms with E-state index >= 15 is 0 Å². The second-order valence-corrected chi connectivity index (χ2v) is 7.33. The average Bonchev–Trinajstić information content (AvgIpc) is 3.37. The number of nitrogens with one attached hydrogen (secondary N) is 1. The van der Waals surface area contributed by atoms with E-state index in [1.165, 1.54) is 18.6 Å². The Kier molecular flexibility index (Phi) is 3.84. The van der Waals surface area contributed by atoms with Gasteiger partial charge in [-0.05, 0) is 30.5 Å². The number of hydrogen-bond donors (Lipinski definition) is 1. The molecule has 0 bridgehead atoms. The molecule has 1 aromatic heterocycles. The molecule has 1 N–H and O–H groups in total. The number of ether oxygens (including phenoxy) is 1. The van der Waals surface area contributed by atoms with Gasteiger partial charge in [0.15, 0.2) is 0 Å². The SMILES string of the molecule is COc1ccc(CNS(=O)(=O)C2(c3cnccn3)CC2)cc1. The molecule has 0 aliphatic heterocycles. The highest BCUT2D eigenvalue weighted by molar-refractivity contribution is 7.90. The molecule has 22 heavy (non-hydrogen) atoms. The molecule has 116 valence electrons. The monoisotopic (exact) mass is 319 g/mol. The fraction of sp³-hybridized carbons (Fsp3) is 0.333. The Morgan fingerprint density at radius 3 is 2.50 bits per heavy atom. The standard InChI is InChI=1S/C15H17N3O3S/c1-21-13-4-2-12(3-5-13)10-18-22(19,20)15(6-7-15)14-11-16-8-9-17-14/h2-5,8-9,11,18H,6-7,10H2,1H3. The quantitative estimate of drug-likeness (QED) is 0.874. The van der Waals surface area contributed by atoms with Gasteiger partial charge in [-0.25, -0.2) is 13.1 Å². The highest BCUT2D eigenvalue weighted by Crippen LogP contribution is 2.51. The van der Waals surface area contributed by atoms with Crippen LogP contribution < -0.4 is 9.46 Å². The minimum absolute atomic E-state index is 0.244. The molecule has 0 unspecified atom stereocenters. The van der Waals surface area contributed by atoms with Gasteiger partial charge >= 0.3 is 0 Å². The van der Waals surface area contributed by atoms with E-state index in [0.717, 1.165) is 11.3 Å². The van der Waals surface area contributed by atoms with E-state index in [2.05, 4.69) is 14.7 Å². The number of rotatable bonds is 6. The summed E-state index contributed by atoms with van der Waals surface area (Å²) in [4.78, 5) is 8.13. The van der Waals surface area contributed by atoms with Gasteiger partial charge in [-0.3, -0.25) is 9.97 Å². The molecule has 7 heteroatoms. The smallest absolute Gasteiger partial charge is 0.223 e. The van der Waals surface area contributed by atoms with Gasteiger partial charge in [-0.2, -0.15) is 0 Å². The van der Waals surface area contributed by atoms with Crippen molar-refractivity contribution in [1.82, 2.24) is 14.7 Å². The Bertz CT molecular complexity index is 741. The van der Waals surface area contributed by atoms with Gasteiger partial charge in [0.1, 0.15) is 10.5 Å². The predicted molar refractivity (Wildman–Crippen MR) is 81.7 cm³/mol. The molecule has 0 atom stereocenters. The Labute approximate surface area is 129 Å². The Morgan fingerprint density at radius 2 is 1.95 bits per heavy atom. The summed E-state index contributed by atoms with van der Waals surface area (Å²) in [6, 6.07) is 7.28. The largest absolute Gasteiger partial charge is 0.497 e. The molecule has 1 aliphatic rings. The first-order chi connectivity index (χ1) is 10.6. The third-order valence-corrected chi connectivity index (χ3v) is 6.04. The average molecular weight is 319 g/mol. The van der Waals surface area contributed by atoms with E-state index in [4.69, 9.17) is 4.74 Å². The number of sulfonamides is 1. The van der Waals surface area contributed by atoms with Gasteiger partial charge in [0.05, 0.1) is 19.0 Å². The highest BCUT2D eigenvalue weighted by atomic mass is 32.2. The van der Waals surface area contributed by atoms with Gasteiger partial charge in [-0.15, -0.1) is 0 Å². The summed E-state index contributed by atoms with van der Waals surface area (Å²) in [7, 11) is -1.91.